The van der Waals surface area contributed by atoms with E-state index in [9.17, 15) is 4.79 Å². The fraction of sp³-hybridized carbons (Fsp3) is 0.143. The van der Waals surface area contributed by atoms with E-state index in [1.165, 1.54) is 0 Å². The Hall–Kier alpha value is -1.78. The molecular weight excluding hydrogens is 299 g/mol. The molecule has 0 saturated carbocycles. The van der Waals surface area contributed by atoms with Gasteiger partial charge in [-0.3, -0.25) is 4.79 Å². The van der Waals surface area contributed by atoms with Crippen LogP contribution in [0.1, 0.15) is 5.69 Å². The second-order valence-electron chi connectivity index (χ2n) is 4.06. The van der Waals surface area contributed by atoms with Crippen LogP contribution in [0.5, 0.6) is 5.75 Å². The number of anilines is 1. The molecule has 1 aromatic heterocycles. The van der Waals surface area contributed by atoms with E-state index in [1.54, 1.807) is 43.3 Å². The van der Waals surface area contributed by atoms with Crippen molar-refractivity contribution in [1.29, 1.82) is 0 Å². The molecule has 0 aliphatic heterocycles. The number of nitrogens with one attached hydrogen (secondary N) is 1. The fourth-order valence-corrected chi connectivity index (χ4v) is 1.84. The summed E-state index contributed by atoms with van der Waals surface area (Å²) in [6, 6.07) is 10.1. The maximum atomic E-state index is 11.8. The Morgan fingerprint density at radius 2 is 1.90 bits per heavy atom. The van der Waals surface area contributed by atoms with Gasteiger partial charge in [-0.25, -0.2) is 4.98 Å². The average molecular weight is 311 g/mol. The first kappa shape index (κ1) is 14.6. The van der Waals surface area contributed by atoms with Gasteiger partial charge in [-0.1, -0.05) is 23.2 Å². The molecule has 0 spiro atoms. The largest absolute Gasteiger partial charge is 0.484 e. The molecule has 1 amide bonds. The quantitative estimate of drug-likeness (QED) is 0.876. The van der Waals surface area contributed by atoms with Crippen molar-refractivity contribution in [3.05, 3.63) is 52.3 Å². The number of aryl methyl sites for hydroxylation is 1. The standard InChI is InChI=1S/C14H12Cl2N2O2/c1-9-12(6-7-13(16)17-9)18-14(19)8-20-11-4-2-10(15)3-5-11/h2-7H,8H2,1H3,(H,18,19). The zero-order valence-corrected chi connectivity index (χ0v) is 12.2. The third-order valence-electron chi connectivity index (χ3n) is 2.51. The van der Waals surface area contributed by atoms with E-state index in [1.807, 2.05) is 0 Å². The number of rotatable bonds is 4. The average Bonchev–Trinajstić information content (AvgIpc) is 2.41. The summed E-state index contributed by atoms with van der Waals surface area (Å²) >= 11 is 11.5. The lowest BCUT2D eigenvalue weighted by Gasteiger charge is -2.09. The van der Waals surface area contributed by atoms with Crippen molar-refractivity contribution >= 4 is 34.8 Å². The number of nitrogens with zero attached hydrogens (tertiary/aromatic N) is 1. The van der Waals surface area contributed by atoms with Crippen molar-refractivity contribution in [2.24, 2.45) is 0 Å². The lowest BCUT2D eigenvalue weighted by molar-refractivity contribution is -0.118. The lowest BCUT2D eigenvalue weighted by atomic mass is 10.3. The van der Waals surface area contributed by atoms with Gasteiger partial charge in [0.15, 0.2) is 6.61 Å². The van der Waals surface area contributed by atoms with Crippen molar-refractivity contribution in [3.8, 4) is 5.75 Å². The zero-order chi connectivity index (χ0) is 14.5. The predicted octanol–water partition coefficient (Wildman–Crippen LogP) is 3.71. The molecule has 1 aromatic carbocycles. The van der Waals surface area contributed by atoms with Crippen LogP contribution in [0, 0.1) is 6.92 Å². The smallest absolute Gasteiger partial charge is 0.262 e. The molecular formula is C14H12Cl2N2O2. The number of benzene rings is 1. The molecule has 4 nitrogen and oxygen atoms in total. The Kier molecular flexibility index (Phi) is 4.82. The maximum Gasteiger partial charge on any atom is 0.262 e. The summed E-state index contributed by atoms with van der Waals surface area (Å²) in [5.41, 5.74) is 1.26. The number of amides is 1. The van der Waals surface area contributed by atoms with Crippen LogP contribution >= 0.6 is 23.2 Å². The molecule has 0 aliphatic rings. The van der Waals surface area contributed by atoms with E-state index in [2.05, 4.69) is 10.3 Å². The molecule has 20 heavy (non-hydrogen) atoms. The maximum absolute atomic E-state index is 11.8. The van der Waals surface area contributed by atoms with Gasteiger partial charge in [0.25, 0.3) is 5.91 Å². The molecule has 0 bridgehead atoms. The van der Waals surface area contributed by atoms with Crippen molar-refractivity contribution in [2.75, 3.05) is 11.9 Å². The molecule has 0 saturated heterocycles. The Morgan fingerprint density at radius 1 is 1.20 bits per heavy atom. The van der Waals surface area contributed by atoms with E-state index in [-0.39, 0.29) is 12.5 Å². The number of aromatic nitrogens is 1. The summed E-state index contributed by atoms with van der Waals surface area (Å²) in [7, 11) is 0. The molecule has 0 unspecified atom stereocenters. The van der Waals surface area contributed by atoms with Crippen LogP contribution in [0.4, 0.5) is 5.69 Å². The molecule has 0 atom stereocenters. The molecule has 2 aromatic rings. The normalized spacial score (nSPS) is 10.2. The highest BCUT2D eigenvalue weighted by atomic mass is 35.5. The molecule has 2 rings (SSSR count). The second kappa shape index (κ2) is 6.59. The predicted molar refractivity (Wildman–Crippen MR) is 79.6 cm³/mol. The van der Waals surface area contributed by atoms with Gasteiger partial charge in [0.2, 0.25) is 0 Å². The van der Waals surface area contributed by atoms with Crippen LogP contribution in [0.2, 0.25) is 10.2 Å². The first-order valence-electron chi connectivity index (χ1n) is 5.86. The Morgan fingerprint density at radius 3 is 2.55 bits per heavy atom. The summed E-state index contributed by atoms with van der Waals surface area (Å²) in [4.78, 5) is 15.8. The van der Waals surface area contributed by atoms with Gasteiger partial charge < -0.3 is 10.1 Å². The highest BCUT2D eigenvalue weighted by molar-refractivity contribution is 6.30. The van der Waals surface area contributed by atoms with Gasteiger partial charge in [-0.15, -0.1) is 0 Å². The van der Waals surface area contributed by atoms with Gasteiger partial charge in [-0.05, 0) is 43.3 Å². The molecule has 6 heteroatoms. The Labute approximate surface area is 126 Å². The van der Waals surface area contributed by atoms with Crippen LogP contribution in [0.25, 0.3) is 0 Å². The minimum absolute atomic E-state index is 0.0936. The van der Waals surface area contributed by atoms with Crippen molar-refractivity contribution in [2.45, 2.75) is 6.92 Å². The summed E-state index contributed by atoms with van der Waals surface area (Å²) in [5.74, 6) is 0.308. The summed E-state index contributed by atoms with van der Waals surface area (Å²) < 4.78 is 5.34. The van der Waals surface area contributed by atoms with E-state index in [4.69, 9.17) is 27.9 Å². The number of hydrogen-bond acceptors (Lipinski definition) is 3. The van der Waals surface area contributed by atoms with E-state index in [0.29, 0.717) is 27.3 Å². The summed E-state index contributed by atoms with van der Waals surface area (Å²) in [6.45, 7) is 1.67. The van der Waals surface area contributed by atoms with Gasteiger partial charge in [0.1, 0.15) is 10.9 Å². The Bertz CT molecular complexity index is 615. The van der Waals surface area contributed by atoms with Crippen LogP contribution < -0.4 is 10.1 Å². The van der Waals surface area contributed by atoms with Gasteiger partial charge in [0, 0.05) is 5.02 Å². The monoisotopic (exact) mass is 310 g/mol. The Balaban J connectivity index is 1.90. The minimum Gasteiger partial charge on any atom is -0.484 e. The van der Waals surface area contributed by atoms with Gasteiger partial charge in [0.05, 0.1) is 11.4 Å². The third kappa shape index (κ3) is 4.11. The highest BCUT2D eigenvalue weighted by Gasteiger charge is 2.07. The SMILES string of the molecule is Cc1nc(Cl)ccc1NC(=O)COc1ccc(Cl)cc1. The van der Waals surface area contributed by atoms with Crippen molar-refractivity contribution < 1.29 is 9.53 Å². The van der Waals surface area contributed by atoms with Gasteiger partial charge in [-0.2, -0.15) is 0 Å². The topological polar surface area (TPSA) is 51.2 Å². The fourth-order valence-electron chi connectivity index (χ4n) is 1.53. The molecule has 104 valence electrons. The van der Waals surface area contributed by atoms with Crippen LogP contribution in [-0.4, -0.2) is 17.5 Å². The highest BCUT2D eigenvalue weighted by Crippen LogP contribution is 2.17. The molecule has 0 aliphatic carbocycles. The van der Waals surface area contributed by atoms with E-state index < -0.39 is 0 Å². The first-order valence-corrected chi connectivity index (χ1v) is 6.61. The molecule has 0 fully saturated rings. The minimum atomic E-state index is -0.271. The van der Waals surface area contributed by atoms with E-state index >= 15 is 0 Å². The van der Waals surface area contributed by atoms with Crippen molar-refractivity contribution in [3.63, 3.8) is 0 Å². The molecule has 1 heterocycles. The van der Waals surface area contributed by atoms with Crippen molar-refractivity contribution in [1.82, 2.24) is 4.98 Å². The van der Waals surface area contributed by atoms with E-state index in [0.717, 1.165) is 0 Å². The first-order chi connectivity index (χ1) is 9.54. The molecule has 1 N–H and O–H groups in total. The summed E-state index contributed by atoms with van der Waals surface area (Å²) in [6.07, 6.45) is 0. The van der Waals surface area contributed by atoms with Crippen LogP contribution in [0.15, 0.2) is 36.4 Å². The number of hydrogen-bond donors (Lipinski definition) is 1. The van der Waals surface area contributed by atoms with Crippen LogP contribution in [0.3, 0.4) is 0 Å². The number of ether oxygens (including phenoxy) is 1. The zero-order valence-electron chi connectivity index (χ0n) is 10.7. The second-order valence-corrected chi connectivity index (χ2v) is 4.88. The number of pyridine rings is 1. The third-order valence-corrected chi connectivity index (χ3v) is 2.97. The summed E-state index contributed by atoms with van der Waals surface area (Å²) in [5, 5.41) is 3.71. The number of halogens is 2. The number of carbonyl (C=O) groups excluding carboxylic acids is 1. The van der Waals surface area contributed by atoms with Gasteiger partial charge >= 0.3 is 0 Å². The van der Waals surface area contributed by atoms with Crippen LogP contribution in [-0.2, 0) is 4.79 Å². The molecule has 0 radical (unpaired) electrons. The number of carbonyl (C=O) groups is 1. The lowest BCUT2D eigenvalue weighted by Crippen LogP contribution is -2.20.